The van der Waals surface area contributed by atoms with Crippen molar-refractivity contribution < 1.29 is 31.3 Å². The van der Waals surface area contributed by atoms with E-state index in [1.54, 1.807) is 0 Å². The van der Waals surface area contributed by atoms with Crippen LogP contribution in [-0.2, 0) is 14.1 Å². The van der Waals surface area contributed by atoms with Crippen LogP contribution in [0.25, 0.3) is 0 Å². The Morgan fingerprint density at radius 3 is 0.825 bits per heavy atom. The summed E-state index contributed by atoms with van der Waals surface area (Å²) in [5.41, 5.74) is 0. The first-order chi connectivity index (χ1) is 19.4. The molecule has 0 amide bonds. The van der Waals surface area contributed by atoms with E-state index in [1.165, 1.54) is 137 Å². The molecular formula is C30H48BCuF4N4-. The topological polar surface area (TPSA) is 19.7 Å². The molecule has 0 radical (unpaired) electrons. The first kappa shape index (κ1) is 30.2. The van der Waals surface area contributed by atoms with E-state index in [1.807, 2.05) is 0 Å². The summed E-state index contributed by atoms with van der Waals surface area (Å²) in [6.07, 6.45) is 37.6. The summed E-state index contributed by atoms with van der Waals surface area (Å²) in [5.74, 6) is 0. The van der Waals surface area contributed by atoms with Crippen LogP contribution in [0.5, 0.6) is 0 Å². The quantitative estimate of drug-likeness (QED) is 0.241. The predicted octanol–water partition coefficient (Wildman–Crippen LogP) is 10.1. The van der Waals surface area contributed by atoms with Crippen molar-refractivity contribution in [2.75, 3.05) is 0 Å². The van der Waals surface area contributed by atoms with Crippen LogP contribution >= 0.6 is 0 Å². The van der Waals surface area contributed by atoms with Gasteiger partial charge in [0.05, 0.1) is 0 Å². The van der Waals surface area contributed by atoms with Gasteiger partial charge in [-0.3, -0.25) is 0 Å². The summed E-state index contributed by atoms with van der Waals surface area (Å²) >= 11 is 2.26. The van der Waals surface area contributed by atoms with Crippen molar-refractivity contribution in [3.63, 3.8) is 0 Å². The Bertz CT molecular complexity index is 1030. The van der Waals surface area contributed by atoms with E-state index in [9.17, 15) is 17.3 Å². The van der Waals surface area contributed by atoms with Crippen molar-refractivity contribution in [2.45, 2.75) is 153 Å². The summed E-state index contributed by atoms with van der Waals surface area (Å²) < 4.78 is 52.9. The van der Waals surface area contributed by atoms with Gasteiger partial charge in [-0.2, -0.15) is 0 Å². The standard InChI is InChI=1S/2C15H24N2.BF4.Cu/c2*1-3-7-14(8-4-1)16-11-12-17(13-16)15-9-5-2-6-10-15;2-1(3,4)5;/h2*11-12,14-15H,1-10H2;;/q;;-1;. The Morgan fingerprint density at radius 1 is 0.425 bits per heavy atom. The van der Waals surface area contributed by atoms with E-state index in [0.717, 1.165) is 0 Å². The second kappa shape index (κ2) is 14.3. The van der Waals surface area contributed by atoms with Crippen molar-refractivity contribution >= 4 is 7.25 Å². The number of nitrogens with zero attached hydrogens (tertiary/aromatic N) is 4. The molecule has 0 aliphatic heterocycles. The maximum atomic E-state index is 9.75. The molecule has 4 aliphatic carbocycles. The molecule has 0 N–H and O–H groups in total. The van der Waals surface area contributed by atoms with Gasteiger partial charge in [0.2, 0.25) is 0 Å². The van der Waals surface area contributed by atoms with Crippen LogP contribution in [0.15, 0.2) is 24.8 Å². The summed E-state index contributed by atoms with van der Waals surface area (Å²) in [5, 5.41) is 0. The molecule has 10 heteroatoms. The van der Waals surface area contributed by atoms with Crippen molar-refractivity contribution in [3.05, 3.63) is 33.4 Å². The van der Waals surface area contributed by atoms with Gasteiger partial charge in [0.25, 0.3) is 0 Å². The number of hydrogen-bond donors (Lipinski definition) is 0. The third-order valence-electron chi connectivity index (χ3n) is 9.56. The number of hydrogen-bond acceptors (Lipinski definition) is 0. The van der Waals surface area contributed by atoms with Gasteiger partial charge < -0.3 is 17.3 Å². The summed E-state index contributed by atoms with van der Waals surface area (Å²) in [6, 6.07) is 2.76. The molecule has 4 saturated carbocycles. The minimum absolute atomic E-state index is 0.689. The van der Waals surface area contributed by atoms with Crippen molar-refractivity contribution in [1.82, 2.24) is 18.3 Å². The fraction of sp³-hybridized carbons (Fsp3) is 0.800. The molecule has 231 valence electrons. The molecule has 2 heterocycles. The molecule has 4 fully saturated rings. The molecule has 0 bridgehead atoms. The first-order valence-electron chi connectivity index (χ1n) is 16.1. The van der Waals surface area contributed by atoms with E-state index in [2.05, 4.69) is 57.1 Å². The van der Waals surface area contributed by atoms with Crippen LogP contribution in [0.1, 0.15) is 153 Å². The molecule has 2 aromatic heterocycles. The maximum absolute atomic E-state index is 9.75. The second-order valence-electron chi connectivity index (χ2n) is 12.4. The second-order valence-corrected chi connectivity index (χ2v) is 13.5. The summed E-state index contributed by atoms with van der Waals surface area (Å²) in [7, 11) is -6.00. The molecule has 4 nitrogen and oxygen atoms in total. The Morgan fingerprint density at radius 2 is 0.625 bits per heavy atom. The third-order valence-corrected chi connectivity index (χ3v) is 10.9. The number of rotatable bonds is 4. The fourth-order valence-corrected chi connectivity index (χ4v) is 9.11. The zero-order valence-electron chi connectivity index (χ0n) is 23.9. The van der Waals surface area contributed by atoms with E-state index in [0.29, 0.717) is 24.2 Å². The van der Waals surface area contributed by atoms with Crippen LogP contribution in [-0.4, -0.2) is 25.5 Å². The molecule has 0 saturated heterocycles. The molecule has 40 heavy (non-hydrogen) atoms. The van der Waals surface area contributed by atoms with Crippen LogP contribution in [0.3, 0.4) is 0 Å². The van der Waals surface area contributed by atoms with Gasteiger partial charge in [0, 0.05) is 0 Å². The monoisotopic (exact) mass is 614 g/mol. The zero-order valence-corrected chi connectivity index (χ0v) is 24.9. The molecule has 2 aromatic rings. The molecule has 4 aliphatic rings. The molecule has 0 aromatic carbocycles. The van der Waals surface area contributed by atoms with Gasteiger partial charge in [-0.15, -0.1) is 0 Å². The van der Waals surface area contributed by atoms with E-state index in [4.69, 9.17) is 0 Å². The average molecular weight is 615 g/mol. The summed E-state index contributed by atoms with van der Waals surface area (Å²) in [6.45, 7) is 0. The van der Waals surface area contributed by atoms with Gasteiger partial charge in [0.15, 0.2) is 0 Å². The van der Waals surface area contributed by atoms with Gasteiger partial charge in [0.1, 0.15) is 0 Å². The summed E-state index contributed by atoms with van der Waals surface area (Å²) in [4.78, 5) is 0. The van der Waals surface area contributed by atoms with Crippen molar-refractivity contribution in [2.24, 2.45) is 0 Å². The van der Waals surface area contributed by atoms with Gasteiger partial charge in [-0.1, -0.05) is 0 Å². The van der Waals surface area contributed by atoms with Gasteiger partial charge in [-0.25, -0.2) is 0 Å². The Labute approximate surface area is 242 Å². The Hall–Kier alpha value is -1.28. The van der Waals surface area contributed by atoms with E-state index in [-0.39, 0.29) is 0 Å². The van der Waals surface area contributed by atoms with Crippen molar-refractivity contribution in [3.8, 4) is 0 Å². The molecule has 0 unspecified atom stereocenters. The van der Waals surface area contributed by atoms with Crippen molar-refractivity contribution in [1.29, 1.82) is 0 Å². The average Bonchev–Trinajstić information content (AvgIpc) is 3.59. The van der Waals surface area contributed by atoms with Gasteiger partial charge in [-0.05, 0) is 0 Å². The van der Waals surface area contributed by atoms with Crippen LogP contribution in [0.2, 0.25) is 0 Å². The Kier molecular flexibility index (Phi) is 10.8. The Balaban J connectivity index is 0.000000595. The van der Waals surface area contributed by atoms with E-state index < -0.39 is 7.25 Å². The molecule has 6 rings (SSSR count). The number of halogens is 4. The van der Waals surface area contributed by atoms with Crippen LogP contribution in [0, 0.1) is 8.65 Å². The number of aromatic nitrogens is 4. The zero-order chi connectivity index (χ0) is 28.0. The molecular weight excluding hydrogens is 567 g/mol. The molecule has 0 spiro atoms. The van der Waals surface area contributed by atoms with Crippen LogP contribution < -0.4 is 0 Å². The van der Waals surface area contributed by atoms with Gasteiger partial charge >= 0.3 is 226 Å². The minimum atomic E-state index is -6.00. The third kappa shape index (κ3) is 7.96. The first-order valence-corrected chi connectivity index (χ1v) is 17.0. The van der Waals surface area contributed by atoms with Crippen LogP contribution in [0.4, 0.5) is 17.3 Å². The SMILES string of the molecule is F[B-](F)(F)F.c1cn(C2CCCCC2)[c](=[Cu]=[c]2n(C3CCCCC3)ccn2C2CCCCC2)n1C1CCCCC1. The predicted molar refractivity (Wildman–Crippen MR) is 150 cm³/mol. The normalized spacial score (nSPS) is 22.8. The number of imidazole rings is 2. The van der Waals surface area contributed by atoms with E-state index >= 15 is 0 Å². The fourth-order valence-electron chi connectivity index (χ4n) is 7.46. The molecule has 0 atom stereocenters.